The molecular formula is C21H26ClN3O2S. The summed E-state index contributed by atoms with van der Waals surface area (Å²) in [5.41, 5.74) is 3.10. The van der Waals surface area contributed by atoms with E-state index in [-0.39, 0.29) is 18.3 Å². The second kappa shape index (κ2) is 9.87. The largest absolute Gasteiger partial charge is 0.497 e. The number of methoxy groups -OCH3 is 1. The number of thiazole rings is 1. The molecule has 0 radical (unpaired) electrons. The first-order chi connectivity index (χ1) is 13.0. The molecule has 7 heteroatoms. The molecule has 28 heavy (non-hydrogen) atoms. The van der Waals surface area contributed by atoms with Crippen LogP contribution >= 0.6 is 23.7 Å². The van der Waals surface area contributed by atoms with Crippen LogP contribution < -0.4 is 9.64 Å². The third-order valence-electron chi connectivity index (χ3n) is 4.35. The molecule has 0 saturated heterocycles. The Hall–Kier alpha value is -2.15. The zero-order valence-corrected chi connectivity index (χ0v) is 18.3. The first-order valence-corrected chi connectivity index (χ1v) is 9.73. The molecule has 3 rings (SSSR count). The van der Waals surface area contributed by atoms with E-state index in [1.54, 1.807) is 18.4 Å². The Bertz CT molecular complexity index is 925. The highest BCUT2D eigenvalue weighted by Gasteiger charge is 2.20. The minimum Gasteiger partial charge on any atom is -0.497 e. The van der Waals surface area contributed by atoms with Crippen molar-refractivity contribution in [2.75, 3.05) is 39.2 Å². The van der Waals surface area contributed by atoms with E-state index in [1.165, 1.54) is 5.56 Å². The second-order valence-corrected chi connectivity index (χ2v) is 7.85. The topological polar surface area (TPSA) is 45.7 Å². The number of anilines is 1. The number of likely N-dealkylation sites (N-methyl/N-ethyl adjacent to an activating group) is 1. The number of nitrogens with zero attached hydrogens (tertiary/aromatic N) is 3. The molecule has 3 aromatic rings. The molecule has 1 heterocycles. The molecular weight excluding hydrogens is 394 g/mol. The van der Waals surface area contributed by atoms with Crippen molar-refractivity contribution in [1.29, 1.82) is 0 Å². The fraction of sp³-hybridized carbons (Fsp3) is 0.333. The summed E-state index contributed by atoms with van der Waals surface area (Å²) in [5.74, 6) is 0.843. The number of benzene rings is 2. The Labute approximate surface area is 176 Å². The molecule has 150 valence electrons. The maximum absolute atomic E-state index is 13.1. The van der Waals surface area contributed by atoms with Crippen LogP contribution in [-0.4, -0.2) is 50.1 Å². The van der Waals surface area contributed by atoms with Crippen LogP contribution in [0, 0.1) is 6.92 Å². The third-order valence-corrected chi connectivity index (χ3v) is 5.39. The zero-order chi connectivity index (χ0) is 19.4. The maximum Gasteiger partial charge on any atom is 0.233 e. The fourth-order valence-electron chi connectivity index (χ4n) is 2.78. The molecule has 0 fully saturated rings. The van der Waals surface area contributed by atoms with Crippen molar-refractivity contribution >= 4 is 45.0 Å². The van der Waals surface area contributed by atoms with E-state index in [4.69, 9.17) is 9.72 Å². The summed E-state index contributed by atoms with van der Waals surface area (Å²) in [5, 5.41) is 0.760. The molecule has 0 bridgehead atoms. The van der Waals surface area contributed by atoms with Gasteiger partial charge in [-0.15, -0.1) is 12.4 Å². The average molecular weight is 420 g/mol. The number of aromatic nitrogens is 1. The zero-order valence-electron chi connectivity index (χ0n) is 16.6. The minimum absolute atomic E-state index is 0. The van der Waals surface area contributed by atoms with Gasteiger partial charge >= 0.3 is 0 Å². The first kappa shape index (κ1) is 22.1. The van der Waals surface area contributed by atoms with Gasteiger partial charge in [0.1, 0.15) is 5.75 Å². The van der Waals surface area contributed by atoms with Crippen LogP contribution in [0.5, 0.6) is 5.75 Å². The monoisotopic (exact) mass is 419 g/mol. The minimum atomic E-state index is 0. The highest BCUT2D eigenvalue weighted by atomic mass is 35.5. The summed E-state index contributed by atoms with van der Waals surface area (Å²) >= 11 is 1.57. The van der Waals surface area contributed by atoms with Crippen molar-refractivity contribution in [3.63, 3.8) is 0 Å². The molecule has 5 nitrogen and oxygen atoms in total. The van der Waals surface area contributed by atoms with Gasteiger partial charge in [0.15, 0.2) is 5.13 Å². The number of amides is 1. The van der Waals surface area contributed by atoms with Gasteiger partial charge in [0.2, 0.25) is 5.91 Å². The van der Waals surface area contributed by atoms with Crippen LogP contribution in [0.15, 0.2) is 42.5 Å². The molecule has 0 aliphatic heterocycles. The molecule has 0 unspecified atom stereocenters. The van der Waals surface area contributed by atoms with E-state index in [9.17, 15) is 4.79 Å². The van der Waals surface area contributed by atoms with E-state index in [0.717, 1.165) is 33.2 Å². The van der Waals surface area contributed by atoms with E-state index >= 15 is 0 Å². The molecule has 2 aromatic carbocycles. The molecule has 0 aliphatic rings. The number of fused-ring (bicyclic) bond motifs is 1. The SMILES string of the molecule is COc1ccc(CC(=O)N(CCN(C)C)c2nc3ccc(C)cc3s2)cc1.Cl. The summed E-state index contributed by atoms with van der Waals surface area (Å²) in [6.45, 7) is 3.46. The first-order valence-electron chi connectivity index (χ1n) is 8.91. The summed E-state index contributed by atoms with van der Waals surface area (Å²) in [6, 6.07) is 13.8. The van der Waals surface area contributed by atoms with Crippen molar-refractivity contribution in [3.05, 3.63) is 53.6 Å². The van der Waals surface area contributed by atoms with Gasteiger partial charge < -0.3 is 9.64 Å². The predicted octanol–water partition coefficient (Wildman–Crippen LogP) is 4.17. The van der Waals surface area contributed by atoms with E-state index in [1.807, 2.05) is 49.3 Å². The fourth-order valence-corrected chi connectivity index (χ4v) is 3.88. The lowest BCUT2D eigenvalue weighted by Gasteiger charge is -2.22. The van der Waals surface area contributed by atoms with Gasteiger partial charge in [0, 0.05) is 13.1 Å². The molecule has 1 amide bonds. The summed E-state index contributed by atoms with van der Waals surface area (Å²) < 4.78 is 6.30. The molecule has 0 atom stereocenters. The number of aryl methyl sites for hydroxylation is 1. The quantitative estimate of drug-likeness (QED) is 0.576. The van der Waals surface area contributed by atoms with Crippen LogP contribution in [-0.2, 0) is 11.2 Å². The average Bonchev–Trinajstić information content (AvgIpc) is 3.05. The van der Waals surface area contributed by atoms with Gasteiger partial charge in [0.25, 0.3) is 0 Å². The third kappa shape index (κ3) is 5.44. The standard InChI is InChI=1S/C21H25N3O2S.ClH/c1-15-5-10-18-19(13-15)27-21(22-18)24(12-11-23(2)3)20(25)14-16-6-8-17(26-4)9-7-16;/h5-10,13H,11-12,14H2,1-4H3;1H. The number of rotatable bonds is 7. The number of carbonyl (C=O) groups is 1. The lowest BCUT2D eigenvalue weighted by atomic mass is 10.1. The normalized spacial score (nSPS) is 10.8. The molecule has 0 N–H and O–H groups in total. The number of halogens is 1. The molecule has 1 aromatic heterocycles. The van der Waals surface area contributed by atoms with E-state index in [0.29, 0.717) is 13.0 Å². The number of hydrogen-bond donors (Lipinski definition) is 0. The molecule has 0 spiro atoms. The van der Waals surface area contributed by atoms with E-state index < -0.39 is 0 Å². The Morgan fingerprint density at radius 1 is 1.11 bits per heavy atom. The van der Waals surface area contributed by atoms with Crippen molar-refractivity contribution in [2.24, 2.45) is 0 Å². The summed E-state index contributed by atoms with van der Waals surface area (Å²) in [6.07, 6.45) is 0.340. The van der Waals surface area contributed by atoms with Crippen LogP contribution in [0.4, 0.5) is 5.13 Å². The smallest absolute Gasteiger partial charge is 0.233 e. The molecule has 0 saturated carbocycles. The second-order valence-electron chi connectivity index (χ2n) is 6.84. The van der Waals surface area contributed by atoms with Crippen molar-refractivity contribution < 1.29 is 9.53 Å². The van der Waals surface area contributed by atoms with Gasteiger partial charge in [0.05, 0.1) is 23.7 Å². The van der Waals surface area contributed by atoms with Gasteiger partial charge in [-0.3, -0.25) is 9.69 Å². The predicted molar refractivity (Wildman–Crippen MR) is 119 cm³/mol. The Morgan fingerprint density at radius 2 is 1.82 bits per heavy atom. The number of carbonyl (C=O) groups excluding carboxylic acids is 1. The highest BCUT2D eigenvalue weighted by Crippen LogP contribution is 2.30. The molecule has 0 aliphatic carbocycles. The summed E-state index contributed by atoms with van der Waals surface area (Å²) in [7, 11) is 5.65. The van der Waals surface area contributed by atoms with Crippen molar-refractivity contribution in [3.8, 4) is 5.75 Å². The number of ether oxygens (including phenoxy) is 1. The summed E-state index contributed by atoms with van der Waals surface area (Å²) in [4.78, 5) is 21.7. The van der Waals surface area contributed by atoms with Gasteiger partial charge in [-0.05, 0) is 56.4 Å². The van der Waals surface area contributed by atoms with Crippen LogP contribution in [0.1, 0.15) is 11.1 Å². The Kier molecular flexibility index (Phi) is 7.80. The lowest BCUT2D eigenvalue weighted by Crippen LogP contribution is -2.37. The highest BCUT2D eigenvalue weighted by molar-refractivity contribution is 7.22. The van der Waals surface area contributed by atoms with Crippen molar-refractivity contribution in [1.82, 2.24) is 9.88 Å². The van der Waals surface area contributed by atoms with Gasteiger partial charge in [-0.2, -0.15) is 0 Å². The Balaban J connectivity index is 0.00000280. The van der Waals surface area contributed by atoms with Crippen molar-refractivity contribution in [2.45, 2.75) is 13.3 Å². The number of hydrogen-bond acceptors (Lipinski definition) is 5. The van der Waals surface area contributed by atoms with Crippen LogP contribution in [0.2, 0.25) is 0 Å². The van der Waals surface area contributed by atoms with Gasteiger partial charge in [-0.25, -0.2) is 4.98 Å². The van der Waals surface area contributed by atoms with Gasteiger partial charge in [-0.1, -0.05) is 29.5 Å². The van der Waals surface area contributed by atoms with E-state index in [2.05, 4.69) is 24.0 Å². The van der Waals surface area contributed by atoms with Crippen LogP contribution in [0.3, 0.4) is 0 Å². The van der Waals surface area contributed by atoms with Crippen LogP contribution in [0.25, 0.3) is 10.2 Å². The lowest BCUT2D eigenvalue weighted by molar-refractivity contribution is -0.118. The Morgan fingerprint density at radius 3 is 2.46 bits per heavy atom. The maximum atomic E-state index is 13.1.